The smallest absolute Gasteiger partial charge is 0.153 e. The van der Waals surface area contributed by atoms with E-state index in [1.54, 1.807) is 18.2 Å². The molecule has 0 aliphatic rings. The van der Waals surface area contributed by atoms with Gasteiger partial charge in [-0.05, 0) is 17.7 Å². The molecule has 1 aromatic rings. The summed E-state index contributed by atoms with van der Waals surface area (Å²) in [5, 5.41) is 9.85. The molecular formula is C8H7BrO2. The van der Waals surface area contributed by atoms with Crippen molar-refractivity contribution in [3.05, 3.63) is 29.3 Å². The maximum Gasteiger partial charge on any atom is 0.153 e. The van der Waals surface area contributed by atoms with Crippen molar-refractivity contribution in [3.63, 3.8) is 0 Å². The Labute approximate surface area is 73.0 Å². The van der Waals surface area contributed by atoms with Crippen molar-refractivity contribution < 1.29 is 9.90 Å². The maximum absolute atomic E-state index is 10.3. The van der Waals surface area contributed by atoms with Crippen molar-refractivity contribution in [1.29, 1.82) is 0 Å². The minimum absolute atomic E-state index is 0.0388. The van der Waals surface area contributed by atoms with Crippen molar-refractivity contribution in [3.8, 4) is 5.75 Å². The molecule has 58 valence electrons. The van der Waals surface area contributed by atoms with Crippen molar-refractivity contribution >= 4 is 22.2 Å². The fourth-order valence-electron chi connectivity index (χ4n) is 0.772. The fourth-order valence-corrected chi connectivity index (χ4v) is 1.12. The molecule has 0 saturated heterocycles. The predicted octanol–water partition coefficient (Wildman–Crippen LogP) is 2.10. The summed E-state index contributed by atoms with van der Waals surface area (Å²) in [7, 11) is 0. The lowest BCUT2D eigenvalue weighted by atomic mass is 10.1. The zero-order chi connectivity index (χ0) is 8.27. The summed E-state index contributed by atoms with van der Waals surface area (Å²) in [6.45, 7) is 0. The number of hydrogen-bond acceptors (Lipinski definition) is 2. The Bertz CT molecular complexity index is 271. The van der Waals surface area contributed by atoms with Gasteiger partial charge in [0.2, 0.25) is 0 Å². The number of aromatic hydroxyl groups is 1. The summed E-state index contributed by atoms with van der Waals surface area (Å²) < 4.78 is 0. The van der Waals surface area contributed by atoms with E-state index in [-0.39, 0.29) is 5.75 Å². The van der Waals surface area contributed by atoms with Gasteiger partial charge in [-0.2, -0.15) is 0 Å². The molecule has 0 atom stereocenters. The maximum atomic E-state index is 10.3. The topological polar surface area (TPSA) is 37.3 Å². The summed E-state index contributed by atoms with van der Waals surface area (Å²) in [5.74, 6) is 0.0388. The third-order valence-electron chi connectivity index (χ3n) is 1.38. The first kappa shape index (κ1) is 8.27. The number of phenolic OH excluding ortho intramolecular Hbond substituents is 1. The normalized spacial score (nSPS) is 9.55. The summed E-state index contributed by atoms with van der Waals surface area (Å²) >= 11 is 3.24. The zero-order valence-corrected chi connectivity index (χ0v) is 7.34. The summed E-state index contributed by atoms with van der Waals surface area (Å²) in [6, 6.07) is 4.95. The largest absolute Gasteiger partial charge is 0.507 e. The van der Waals surface area contributed by atoms with Gasteiger partial charge in [-0.3, -0.25) is 4.79 Å². The van der Waals surface area contributed by atoms with Gasteiger partial charge in [0.1, 0.15) is 5.75 Å². The highest BCUT2D eigenvalue weighted by atomic mass is 79.9. The Morgan fingerprint density at radius 2 is 2.27 bits per heavy atom. The molecule has 1 aromatic carbocycles. The molecule has 0 spiro atoms. The molecule has 0 bridgehead atoms. The van der Waals surface area contributed by atoms with Crippen LogP contribution in [0, 0.1) is 0 Å². The Morgan fingerprint density at radius 1 is 1.55 bits per heavy atom. The molecular weight excluding hydrogens is 208 g/mol. The molecule has 0 saturated carbocycles. The molecule has 0 aliphatic carbocycles. The number of halogens is 1. The van der Waals surface area contributed by atoms with Crippen LogP contribution in [-0.4, -0.2) is 11.4 Å². The van der Waals surface area contributed by atoms with Gasteiger partial charge in [0.05, 0.1) is 5.56 Å². The first-order valence-corrected chi connectivity index (χ1v) is 4.23. The van der Waals surface area contributed by atoms with Crippen LogP contribution >= 0.6 is 15.9 Å². The highest BCUT2D eigenvalue weighted by Crippen LogP contribution is 2.18. The summed E-state index contributed by atoms with van der Waals surface area (Å²) in [4.78, 5) is 10.3. The molecule has 2 nitrogen and oxygen atoms in total. The van der Waals surface area contributed by atoms with Crippen LogP contribution in [0.2, 0.25) is 0 Å². The second-order valence-corrected chi connectivity index (χ2v) is 2.71. The van der Waals surface area contributed by atoms with Crippen LogP contribution in [0.4, 0.5) is 0 Å². The number of aldehydes is 1. The highest BCUT2D eigenvalue weighted by molar-refractivity contribution is 9.08. The predicted molar refractivity (Wildman–Crippen MR) is 46.1 cm³/mol. The molecule has 0 aliphatic heterocycles. The van der Waals surface area contributed by atoms with Crippen molar-refractivity contribution in [2.45, 2.75) is 5.33 Å². The first-order chi connectivity index (χ1) is 5.27. The molecule has 1 rings (SSSR count). The van der Waals surface area contributed by atoms with E-state index in [0.29, 0.717) is 17.2 Å². The number of phenols is 1. The summed E-state index contributed by atoms with van der Waals surface area (Å²) in [6.07, 6.45) is 0.632. The van der Waals surface area contributed by atoms with E-state index < -0.39 is 0 Å². The fraction of sp³-hybridized carbons (Fsp3) is 0.125. The Balaban J connectivity index is 3.09. The quantitative estimate of drug-likeness (QED) is 0.605. The van der Waals surface area contributed by atoms with E-state index in [1.807, 2.05) is 0 Å². The number of benzene rings is 1. The van der Waals surface area contributed by atoms with Crippen LogP contribution in [0.1, 0.15) is 15.9 Å². The number of alkyl halides is 1. The first-order valence-electron chi connectivity index (χ1n) is 3.11. The SMILES string of the molecule is O=Cc1ccc(CBr)cc1O. The Morgan fingerprint density at radius 3 is 2.73 bits per heavy atom. The van der Waals surface area contributed by atoms with Crippen LogP contribution in [0.15, 0.2) is 18.2 Å². The monoisotopic (exact) mass is 214 g/mol. The van der Waals surface area contributed by atoms with E-state index in [2.05, 4.69) is 15.9 Å². The third kappa shape index (κ3) is 1.80. The van der Waals surface area contributed by atoms with Crippen molar-refractivity contribution in [2.75, 3.05) is 0 Å². The van der Waals surface area contributed by atoms with Gasteiger partial charge in [0.15, 0.2) is 6.29 Å². The Hall–Kier alpha value is -0.830. The van der Waals surface area contributed by atoms with E-state index >= 15 is 0 Å². The average molecular weight is 215 g/mol. The van der Waals surface area contributed by atoms with Gasteiger partial charge in [-0.25, -0.2) is 0 Å². The average Bonchev–Trinajstić information content (AvgIpc) is 2.04. The molecule has 0 fully saturated rings. The second kappa shape index (κ2) is 3.53. The van der Waals surface area contributed by atoms with E-state index in [4.69, 9.17) is 0 Å². The van der Waals surface area contributed by atoms with Crippen molar-refractivity contribution in [1.82, 2.24) is 0 Å². The van der Waals surface area contributed by atoms with Crippen LogP contribution in [0.25, 0.3) is 0 Å². The number of carbonyl (C=O) groups excluding carboxylic acids is 1. The van der Waals surface area contributed by atoms with E-state index in [9.17, 15) is 9.90 Å². The highest BCUT2D eigenvalue weighted by Gasteiger charge is 1.99. The number of rotatable bonds is 2. The summed E-state index contributed by atoms with van der Waals surface area (Å²) in [5.41, 5.74) is 1.28. The molecule has 0 heterocycles. The molecule has 0 radical (unpaired) electrons. The second-order valence-electron chi connectivity index (χ2n) is 2.14. The Kier molecular flexibility index (Phi) is 2.65. The molecule has 3 heteroatoms. The lowest BCUT2D eigenvalue weighted by Crippen LogP contribution is -1.83. The molecule has 1 N–H and O–H groups in total. The molecule has 0 aromatic heterocycles. The molecule has 11 heavy (non-hydrogen) atoms. The van der Waals surface area contributed by atoms with Gasteiger partial charge in [-0.15, -0.1) is 0 Å². The zero-order valence-electron chi connectivity index (χ0n) is 5.75. The third-order valence-corrected chi connectivity index (χ3v) is 2.02. The lowest BCUT2D eigenvalue weighted by molar-refractivity contribution is 0.112. The minimum Gasteiger partial charge on any atom is -0.507 e. The molecule has 0 amide bonds. The van der Waals surface area contributed by atoms with Crippen molar-refractivity contribution in [2.24, 2.45) is 0 Å². The standard InChI is InChI=1S/C8H7BrO2/c9-4-6-1-2-7(5-10)8(11)3-6/h1-3,5,11H,4H2. The van der Waals surface area contributed by atoms with Gasteiger partial charge in [0.25, 0.3) is 0 Å². The van der Waals surface area contributed by atoms with Gasteiger partial charge < -0.3 is 5.11 Å². The van der Waals surface area contributed by atoms with Gasteiger partial charge in [-0.1, -0.05) is 22.0 Å². The number of hydrogen-bond donors (Lipinski definition) is 1. The lowest BCUT2D eigenvalue weighted by Gasteiger charge is -1.98. The van der Waals surface area contributed by atoms with Crippen LogP contribution in [0.5, 0.6) is 5.75 Å². The number of carbonyl (C=O) groups is 1. The van der Waals surface area contributed by atoms with Crippen LogP contribution in [-0.2, 0) is 5.33 Å². The van der Waals surface area contributed by atoms with Gasteiger partial charge in [0, 0.05) is 5.33 Å². The molecule has 0 unspecified atom stereocenters. The van der Waals surface area contributed by atoms with Crippen LogP contribution < -0.4 is 0 Å². The van der Waals surface area contributed by atoms with Gasteiger partial charge >= 0.3 is 0 Å². The van der Waals surface area contributed by atoms with Crippen LogP contribution in [0.3, 0.4) is 0 Å². The minimum atomic E-state index is 0.0388. The van der Waals surface area contributed by atoms with E-state index in [0.717, 1.165) is 5.56 Å². The van der Waals surface area contributed by atoms with E-state index in [1.165, 1.54) is 0 Å².